The van der Waals surface area contributed by atoms with E-state index >= 15 is 0 Å². The standard InChI is InChI=1S/C12H16N4O3S/c1-3-6-16(9-5-7-20(18,19)8-9)12(17)11-13-10(4-2)14-15-11/h1,9H,4-8H2,2H3,(H,13,14,15). The number of rotatable bonds is 4. The van der Waals surface area contributed by atoms with Crippen LogP contribution in [0.1, 0.15) is 29.8 Å². The van der Waals surface area contributed by atoms with E-state index in [0.29, 0.717) is 18.7 Å². The number of aromatic nitrogens is 3. The smallest absolute Gasteiger partial charge is 0.294 e. The van der Waals surface area contributed by atoms with E-state index in [1.54, 1.807) is 0 Å². The van der Waals surface area contributed by atoms with E-state index < -0.39 is 21.8 Å². The molecule has 2 heterocycles. The van der Waals surface area contributed by atoms with Gasteiger partial charge in [0.2, 0.25) is 5.82 Å². The van der Waals surface area contributed by atoms with E-state index in [4.69, 9.17) is 6.42 Å². The molecule has 1 unspecified atom stereocenters. The molecule has 1 atom stereocenters. The van der Waals surface area contributed by atoms with Gasteiger partial charge in [0.1, 0.15) is 5.82 Å². The fourth-order valence-corrected chi connectivity index (χ4v) is 3.89. The second-order valence-corrected chi connectivity index (χ2v) is 6.88. The zero-order chi connectivity index (χ0) is 14.8. The summed E-state index contributed by atoms with van der Waals surface area (Å²) in [6.45, 7) is 1.94. The summed E-state index contributed by atoms with van der Waals surface area (Å²) in [5.41, 5.74) is 0. The predicted molar refractivity (Wildman–Crippen MR) is 72.7 cm³/mol. The molecule has 1 aliphatic rings. The SMILES string of the molecule is C#CCN(C(=O)c1n[nH]c(CC)n1)C1CCS(=O)(=O)C1. The highest BCUT2D eigenvalue weighted by molar-refractivity contribution is 7.91. The Morgan fingerprint density at radius 2 is 2.35 bits per heavy atom. The molecule has 1 aromatic heterocycles. The van der Waals surface area contributed by atoms with Crippen LogP contribution in [0.3, 0.4) is 0 Å². The summed E-state index contributed by atoms with van der Waals surface area (Å²) in [7, 11) is -3.09. The van der Waals surface area contributed by atoms with Gasteiger partial charge in [0.25, 0.3) is 5.91 Å². The molecule has 2 rings (SSSR count). The van der Waals surface area contributed by atoms with Crippen LogP contribution in [0.5, 0.6) is 0 Å². The lowest BCUT2D eigenvalue weighted by molar-refractivity contribution is 0.0712. The monoisotopic (exact) mass is 296 g/mol. The van der Waals surface area contributed by atoms with Gasteiger partial charge in [-0.3, -0.25) is 9.89 Å². The zero-order valence-corrected chi connectivity index (χ0v) is 12.0. The van der Waals surface area contributed by atoms with Gasteiger partial charge in [-0.05, 0) is 6.42 Å². The molecule has 108 valence electrons. The van der Waals surface area contributed by atoms with Crippen molar-refractivity contribution in [1.82, 2.24) is 20.1 Å². The van der Waals surface area contributed by atoms with E-state index in [1.807, 2.05) is 6.92 Å². The number of sulfone groups is 1. The molecule has 1 aromatic rings. The Morgan fingerprint density at radius 1 is 1.60 bits per heavy atom. The second-order valence-electron chi connectivity index (χ2n) is 4.65. The van der Waals surface area contributed by atoms with Gasteiger partial charge in [0.05, 0.1) is 18.1 Å². The number of terminal acetylenes is 1. The lowest BCUT2D eigenvalue weighted by Crippen LogP contribution is -2.41. The van der Waals surface area contributed by atoms with Crippen molar-refractivity contribution in [2.24, 2.45) is 0 Å². The molecule has 0 bridgehead atoms. The number of H-pyrrole nitrogens is 1. The molecular weight excluding hydrogens is 280 g/mol. The van der Waals surface area contributed by atoms with Crippen LogP contribution in [-0.2, 0) is 16.3 Å². The van der Waals surface area contributed by atoms with Crippen molar-refractivity contribution in [1.29, 1.82) is 0 Å². The fourth-order valence-electron chi connectivity index (χ4n) is 2.16. The van der Waals surface area contributed by atoms with Crippen LogP contribution >= 0.6 is 0 Å². The molecule has 1 aliphatic heterocycles. The second kappa shape index (κ2) is 5.63. The zero-order valence-electron chi connectivity index (χ0n) is 11.2. The highest BCUT2D eigenvalue weighted by atomic mass is 32.2. The van der Waals surface area contributed by atoms with Crippen molar-refractivity contribution in [3.05, 3.63) is 11.6 Å². The quantitative estimate of drug-likeness (QED) is 0.765. The molecule has 0 spiro atoms. The van der Waals surface area contributed by atoms with Crippen LogP contribution in [0.15, 0.2) is 0 Å². The molecule has 1 fully saturated rings. The molecule has 0 radical (unpaired) electrons. The largest absolute Gasteiger partial charge is 0.321 e. The number of amides is 1. The lowest BCUT2D eigenvalue weighted by Gasteiger charge is -2.24. The Hall–Kier alpha value is -1.88. The predicted octanol–water partition coefficient (Wildman–Crippen LogP) is -0.370. The number of carbonyl (C=O) groups excluding carboxylic acids is 1. The minimum Gasteiger partial charge on any atom is -0.321 e. The van der Waals surface area contributed by atoms with Crippen LogP contribution < -0.4 is 0 Å². The normalized spacial score (nSPS) is 20.5. The van der Waals surface area contributed by atoms with E-state index in [0.717, 1.165) is 0 Å². The van der Waals surface area contributed by atoms with Crippen molar-refractivity contribution in [3.63, 3.8) is 0 Å². The number of nitrogens with zero attached hydrogens (tertiary/aromatic N) is 3. The summed E-state index contributed by atoms with van der Waals surface area (Å²) in [5, 5.41) is 6.51. The van der Waals surface area contributed by atoms with Gasteiger partial charge < -0.3 is 4.90 Å². The Morgan fingerprint density at radius 3 is 2.85 bits per heavy atom. The summed E-state index contributed by atoms with van der Waals surface area (Å²) in [4.78, 5) is 17.8. The lowest BCUT2D eigenvalue weighted by atomic mass is 10.2. The Balaban J connectivity index is 2.20. The van der Waals surface area contributed by atoms with Gasteiger partial charge in [-0.15, -0.1) is 11.5 Å². The van der Waals surface area contributed by atoms with Crippen molar-refractivity contribution in [2.75, 3.05) is 18.1 Å². The van der Waals surface area contributed by atoms with E-state index in [2.05, 4.69) is 21.1 Å². The van der Waals surface area contributed by atoms with Crippen molar-refractivity contribution in [2.45, 2.75) is 25.8 Å². The van der Waals surface area contributed by atoms with Gasteiger partial charge in [0, 0.05) is 12.5 Å². The molecule has 1 N–H and O–H groups in total. The van der Waals surface area contributed by atoms with Gasteiger partial charge >= 0.3 is 0 Å². The number of aromatic amines is 1. The van der Waals surface area contributed by atoms with Gasteiger partial charge in [0.15, 0.2) is 9.84 Å². The van der Waals surface area contributed by atoms with E-state index in [1.165, 1.54) is 4.90 Å². The minimum absolute atomic E-state index is 0.0291. The van der Waals surface area contributed by atoms with Crippen molar-refractivity contribution >= 4 is 15.7 Å². The van der Waals surface area contributed by atoms with E-state index in [-0.39, 0.29) is 23.9 Å². The maximum Gasteiger partial charge on any atom is 0.294 e. The van der Waals surface area contributed by atoms with Crippen molar-refractivity contribution in [3.8, 4) is 12.3 Å². The van der Waals surface area contributed by atoms with Gasteiger partial charge in [-0.1, -0.05) is 12.8 Å². The van der Waals surface area contributed by atoms with Crippen LogP contribution in [0, 0.1) is 12.3 Å². The highest BCUT2D eigenvalue weighted by Crippen LogP contribution is 2.19. The van der Waals surface area contributed by atoms with Crippen molar-refractivity contribution < 1.29 is 13.2 Å². The fraction of sp³-hybridized carbons (Fsp3) is 0.583. The Labute approximate surface area is 117 Å². The summed E-state index contributed by atoms with van der Waals surface area (Å²) in [6, 6.07) is -0.396. The number of nitrogens with one attached hydrogen (secondary N) is 1. The number of hydrogen-bond acceptors (Lipinski definition) is 5. The topological polar surface area (TPSA) is 96.0 Å². The minimum atomic E-state index is -3.09. The van der Waals surface area contributed by atoms with Crippen LogP contribution in [-0.4, -0.2) is 58.5 Å². The molecule has 0 saturated carbocycles. The average molecular weight is 296 g/mol. The Kier molecular flexibility index (Phi) is 4.09. The van der Waals surface area contributed by atoms with Gasteiger partial charge in [-0.25, -0.2) is 13.4 Å². The first kappa shape index (κ1) is 14.5. The number of aryl methyl sites for hydroxylation is 1. The summed E-state index contributed by atoms with van der Waals surface area (Å²) in [6.07, 6.45) is 6.31. The number of carbonyl (C=O) groups is 1. The average Bonchev–Trinajstić information content (AvgIpc) is 3.01. The molecule has 20 heavy (non-hydrogen) atoms. The van der Waals surface area contributed by atoms with Gasteiger partial charge in [-0.2, -0.15) is 0 Å². The maximum absolute atomic E-state index is 12.4. The number of hydrogen-bond donors (Lipinski definition) is 1. The first-order valence-corrected chi connectivity index (χ1v) is 8.15. The Bertz CT molecular complexity index is 644. The van der Waals surface area contributed by atoms with Crippen LogP contribution in [0.2, 0.25) is 0 Å². The third kappa shape index (κ3) is 2.99. The summed E-state index contributed by atoms with van der Waals surface area (Å²) in [5.74, 6) is 2.63. The third-order valence-corrected chi connectivity index (χ3v) is 4.98. The molecule has 0 aliphatic carbocycles. The first-order chi connectivity index (χ1) is 9.46. The first-order valence-electron chi connectivity index (χ1n) is 6.33. The molecule has 1 saturated heterocycles. The molecular formula is C12H16N4O3S. The molecule has 1 amide bonds. The summed E-state index contributed by atoms with van der Waals surface area (Å²) >= 11 is 0. The molecule has 0 aromatic carbocycles. The third-order valence-electron chi connectivity index (χ3n) is 3.23. The summed E-state index contributed by atoms with van der Waals surface area (Å²) < 4.78 is 23.1. The van der Waals surface area contributed by atoms with E-state index in [9.17, 15) is 13.2 Å². The van der Waals surface area contributed by atoms with Crippen LogP contribution in [0.4, 0.5) is 0 Å². The molecule has 8 heteroatoms. The highest BCUT2D eigenvalue weighted by Gasteiger charge is 2.35. The van der Waals surface area contributed by atoms with Crippen LogP contribution in [0.25, 0.3) is 0 Å². The molecule has 7 nitrogen and oxygen atoms in total. The maximum atomic E-state index is 12.4.